The van der Waals surface area contributed by atoms with Crippen molar-refractivity contribution in [1.29, 1.82) is 0 Å². The van der Waals surface area contributed by atoms with Gasteiger partial charge in [-0.25, -0.2) is 0 Å². The van der Waals surface area contributed by atoms with Gasteiger partial charge in [0.05, 0.1) is 12.7 Å². The van der Waals surface area contributed by atoms with E-state index in [0.29, 0.717) is 6.61 Å². The first-order valence-electron chi connectivity index (χ1n) is 4.15. The average molecular weight is 166 g/mol. The first-order valence-corrected chi connectivity index (χ1v) is 4.15. The number of aliphatic hydroxyl groups is 1. The smallest absolute Gasteiger partial charge is 0.119 e. The van der Waals surface area contributed by atoms with E-state index in [1.807, 2.05) is 31.2 Å². The van der Waals surface area contributed by atoms with Crippen LogP contribution >= 0.6 is 0 Å². The fraction of sp³-hybridized carbons (Fsp3) is 0.400. The minimum Gasteiger partial charge on any atom is -0.494 e. The monoisotopic (exact) mass is 166 g/mol. The molecule has 0 spiro atoms. The maximum absolute atomic E-state index is 9.20. The van der Waals surface area contributed by atoms with Crippen molar-refractivity contribution in [2.75, 3.05) is 6.61 Å². The SMILES string of the molecule is CCOc1ccc([C@H](C)O)cc1. The van der Waals surface area contributed by atoms with E-state index in [1.54, 1.807) is 6.92 Å². The number of hydrogen-bond acceptors (Lipinski definition) is 2. The van der Waals surface area contributed by atoms with Gasteiger partial charge in [0.2, 0.25) is 0 Å². The Labute approximate surface area is 72.8 Å². The molecule has 0 amide bonds. The third kappa shape index (κ3) is 2.24. The highest BCUT2D eigenvalue weighted by molar-refractivity contribution is 5.28. The summed E-state index contributed by atoms with van der Waals surface area (Å²) in [5.41, 5.74) is 0.915. The largest absolute Gasteiger partial charge is 0.494 e. The Morgan fingerprint density at radius 2 is 1.92 bits per heavy atom. The normalized spacial score (nSPS) is 12.6. The Morgan fingerprint density at radius 1 is 1.33 bits per heavy atom. The summed E-state index contributed by atoms with van der Waals surface area (Å²) in [6.07, 6.45) is -0.402. The zero-order valence-electron chi connectivity index (χ0n) is 7.45. The molecule has 0 aromatic heterocycles. The highest BCUT2D eigenvalue weighted by Crippen LogP contribution is 2.16. The van der Waals surface area contributed by atoms with Crippen LogP contribution < -0.4 is 4.74 Å². The molecule has 0 aliphatic heterocycles. The summed E-state index contributed by atoms with van der Waals surface area (Å²) < 4.78 is 5.26. The van der Waals surface area contributed by atoms with Crippen LogP contribution in [0.25, 0.3) is 0 Å². The first-order chi connectivity index (χ1) is 5.74. The molecule has 2 nitrogen and oxygen atoms in total. The standard InChI is InChI=1S/C10H14O2/c1-3-12-10-6-4-9(5-7-10)8(2)11/h4-8,11H,3H2,1-2H3/t8-/m0/s1. The van der Waals surface area contributed by atoms with Gasteiger partial charge in [-0.05, 0) is 31.5 Å². The van der Waals surface area contributed by atoms with Gasteiger partial charge in [0.25, 0.3) is 0 Å². The zero-order chi connectivity index (χ0) is 8.97. The van der Waals surface area contributed by atoms with Crippen molar-refractivity contribution in [2.45, 2.75) is 20.0 Å². The van der Waals surface area contributed by atoms with Crippen molar-refractivity contribution in [3.8, 4) is 5.75 Å². The number of benzene rings is 1. The van der Waals surface area contributed by atoms with Crippen molar-refractivity contribution < 1.29 is 9.84 Å². The van der Waals surface area contributed by atoms with Crippen LogP contribution in [0, 0.1) is 0 Å². The summed E-state index contributed by atoms with van der Waals surface area (Å²) in [5, 5.41) is 9.20. The number of ether oxygens (including phenoxy) is 1. The molecule has 0 heterocycles. The Morgan fingerprint density at radius 3 is 2.33 bits per heavy atom. The van der Waals surface area contributed by atoms with E-state index in [4.69, 9.17) is 4.74 Å². The quantitative estimate of drug-likeness (QED) is 0.745. The van der Waals surface area contributed by atoms with E-state index in [1.165, 1.54) is 0 Å². The second-order valence-corrected chi connectivity index (χ2v) is 2.68. The Hall–Kier alpha value is -1.02. The third-order valence-electron chi connectivity index (χ3n) is 1.67. The average Bonchev–Trinajstić information content (AvgIpc) is 2.06. The molecule has 0 saturated carbocycles. The molecule has 2 heteroatoms. The molecule has 1 atom stereocenters. The van der Waals surface area contributed by atoms with E-state index in [2.05, 4.69) is 0 Å². The van der Waals surface area contributed by atoms with Crippen LogP contribution in [0.4, 0.5) is 0 Å². The van der Waals surface area contributed by atoms with Crippen LogP contribution in [0.2, 0.25) is 0 Å². The van der Waals surface area contributed by atoms with Crippen molar-refractivity contribution in [2.24, 2.45) is 0 Å². The highest BCUT2D eigenvalue weighted by Gasteiger charge is 1.99. The van der Waals surface area contributed by atoms with Crippen molar-refractivity contribution in [3.63, 3.8) is 0 Å². The van der Waals surface area contributed by atoms with Gasteiger partial charge in [-0.3, -0.25) is 0 Å². The first kappa shape index (κ1) is 9.07. The lowest BCUT2D eigenvalue weighted by atomic mass is 10.1. The molecule has 1 rings (SSSR count). The summed E-state index contributed by atoms with van der Waals surface area (Å²) in [7, 11) is 0. The molecule has 0 fully saturated rings. The molecule has 1 aromatic carbocycles. The Balaban J connectivity index is 2.71. The second kappa shape index (κ2) is 4.12. The summed E-state index contributed by atoms with van der Waals surface area (Å²) >= 11 is 0. The molecule has 0 saturated heterocycles. The van der Waals surface area contributed by atoms with E-state index < -0.39 is 6.10 Å². The van der Waals surface area contributed by atoms with Crippen LogP contribution in [0.5, 0.6) is 5.75 Å². The van der Waals surface area contributed by atoms with E-state index in [-0.39, 0.29) is 0 Å². The molecule has 0 aliphatic carbocycles. The zero-order valence-corrected chi connectivity index (χ0v) is 7.45. The minimum absolute atomic E-state index is 0.402. The summed E-state index contributed by atoms with van der Waals surface area (Å²) in [4.78, 5) is 0. The molecule has 0 unspecified atom stereocenters. The summed E-state index contributed by atoms with van der Waals surface area (Å²) in [5.74, 6) is 0.849. The minimum atomic E-state index is -0.402. The second-order valence-electron chi connectivity index (χ2n) is 2.68. The number of aliphatic hydroxyl groups excluding tert-OH is 1. The molecule has 1 N–H and O–H groups in total. The summed E-state index contributed by atoms with van der Waals surface area (Å²) in [6.45, 7) is 4.37. The molecule has 66 valence electrons. The van der Waals surface area contributed by atoms with E-state index in [9.17, 15) is 5.11 Å². The van der Waals surface area contributed by atoms with Crippen LogP contribution in [-0.2, 0) is 0 Å². The maximum Gasteiger partial charge on any atom is 0.119 e. The van der Waals surface area contributed by atoms with E-state index in [0.717, 1.165) is 11.3 Å². The van der Waals surface area contributed by atoms with Crippen LogP contribution in [0.3, 0.4) is 0 Å². The van der Waals surface area contributed by atoms with Gasteiger partial charge in [-0.2, -0.15) is 0 Å². The highest BCUT2D eigenvalue weighted by atomic mass is 16.5. The van der Waals surface area contributed by atoms with Crippen LogP contribution in [0.1, 0.15) is 25.5 Å². The fourth-order valence-electron chi connectivity index (χ4n) is 1.01. The number of rotatable bonds is 3. The molecule has 0 bridgehead atoms. The van der Waals surface area contributed by atoms with Gasteiger partial charge in [0.1, 0.15) is 5.75 Å². The third-order valence-corrected chi connectivity index (χ3v) is 1.67. The summed E-state index contributed by atoms with van der Waals surface area (Å²) in [6, 6.07) is 7.47. The molecule has 0 aliphatic rings. The van der Waals surface area contributed by atoms with Crippen molar-refractivity contribution in [1.82, 2.24) is 0 Å². The topological polar surface area (TPSA) is 29.5 Å². The molecule has 0 radical (unpaired) electrons. The van der Waals surface area contributed by atoms with E-state index >= 15 is 0 Å². The molecular weight excluding hydrogens is 152 g/mol. The Bertz CT molecular complexity index is 226. The van der Waals surface area contributed by atoms with Gasteiger partial charge in [-0.15, -0.1) is 0 Å². The molecule has 1 aromatic rings. The van der Waals surface area contributed by atoms with Gasteiger partial charge in [0.15, 0.2) is 0 Å². The van der Waals surface area contributed by atoms with Gasteiger partial charge in [-0.1, -0.05) is 12.1 Å². The molecular formula is C10H14O2. The van der Waals surface area contributed by atoms with Gasteiger partial charge in [0, 0.05) is 0 Å². The van der Waals surface area contributed by atoms with Crippen LogP contribution in [-0.4, -0.2) is 11.7 Å². The molecule has 12 heavy (non-hydrogen) atoms. The fourth-order valence-corrected chi connectivity index (χ4v) is 1.01. The predicted octanol–water partition coefficient (Wildman–Crippen LogP) is 2.14. The van der Waals surface area contributed by atoms with Gasteiger partial charge < -0.3 is 9.84 Å². The number of hydrogen-bond donors (Lipinski definition) is 1. The maximum atomic E-state index is 9.20. The lowest BCUT2D eigenvalue weighted by Gasteiger charge is -2.06. The lowest BCUT2D eigenvalue weighted by Crippen LogP contribution is -1.93. The van der Waals surface area contributed by atoms with Crippen LogP contribution in [0.15, 0.2) is 24.3 Å². The van der Waals surface area contributed by atoms with Crippen molar-refractivity contribution in [3.05, 3.63) is 29.8 Å². The predicted molar refractivity (Wildman–Crippen MR) is 48.2 cm³/mol. The van der Waals surface area contributed by atoms with Crippen molar-refractivity contribution >= 4 is 0 Å². The van der Waals surface area contributed by atoms with Gasteiger partial charge >= 0.3 is 0 Å². The Kier molecular flexibility index (Phi) is 3.11. The lowest BCUT2D eigenvalue weighted by molar-refractivity contribution is 0.199.